The lowest BCUT2D eigenvalue weighted by atomic mass is 9.80. The van der Waals surface area contributed by atoms with E-state index < -0.39 is 70.8 Å². The second-order valence-electron chi connectivity index (χ2n) is 12.4. The van der Waals surface area contributed by atoms with Gasteiger partial charge in [-0.1, -0.05) is 41.5 Å². The summed E-state index contributed by atoms with van der Waals surface area (Å²) in [7, 11) is 0. The highest BCUT2D eigenvalue weighted by Gasteiger charge is 2.82. The first kappa shape index (κ1) is 27.8. The van der Waals surface area contributed by atoms with Crippen LogP contribution in [0, 0.1) is 35.0 Å². The minimum Gasteiger partial charge on any atom is -0.461 e. The van der Waals surface area contributed by atoms with Gasteiger partial charge in [0.2, 0.25) is 0 Å². The fourth-order valence-corrected chi connectivity index (χ4v) is 7.11. The summed E-state index contributed by atoms with van der Waals surface area (Å²) in [6.07, 6.45) is -1.65. The molecule has 4 rings (SSSR count). The highest BCUT2D eigenvalue weighted by Crippen LogP contribution is 2.68. The first-order valence-electron chi connectivity index (χ1n) is 13.2. The van der Waals surface area contributed by atoms with Gasteiger partial charge < -0.3 is 24.1 Å². The molecule has 3 fully saturated rings. The fourth-order valence-electron chi connectivity index (χ4n) is 7.11. The fraction of sp³-hybridized carbons (Fsp3) is 0.786. The van der Waals surface area contributed by atoms with Gasteiger partial charge in [-0.25, -0.2) is 0 Å². The Balaban J connectivity index is 1.92. The van der Waals surface area contributed by atoms with Crippen molar-refractivity contribution < 1.29 is 43.2 Å². The Labute approximate surface area is 218 Å². The molecule has 0 spiro atoms. The monoisotopic (exact) mass is 520 g/mol. The first-order valence-corrected chi connectivity index (χ1v) is 13.2. The predicted octanol–water partition coefficient (Wildman–Crippen LogP) is 2.76. The summed E-state index contributed by atoms with van der Waals surface area (Å²) in [4.78, 5) is 51.4. The molecule has 0 bridgehead atoms. The molecule has 1 N–H and O–H groups in total. The molecule has 206 valence electrons. The van der Waals surface area contributed by atoms with Crippen molar-refractivity contribution in [3.8, 4) is 0 Å². The average Bonchev–Trinajstić information content (AvgIpc) is 3.58. The molecule has 0 aromatic heterocycles. The van der Waals surface area contributed by atoms with E-state index in [-0.39, 0.29) is 23.5 Å². The largest absolute Gasteiger partial charge is 0.461 e. The number of carbonyl (C=O) groups excluding carboxylic acids is 4. The van der Waals surface area contributed by atoms with Gasteiger partial charge in [-0.3, -0.25) is 19.2 Å². The number of esters is 3. The highest BCUT2D eigenvalue weighted by molar-refractivity contribution is 5.96. The lowest BCUT2D eigenvalue weighted by Crippen LogP contribution is -2.43. The molecule has 0 unspecified atom stereocenters. The molecule has 1 saturated heterocycles. The molecule has 9 heteroatoms. The summed E-state index contributed by atoms with van der Waals surface area (Å²) in [5, 5.41) is 11.2. The number of aliphatic hydroxyl groups is 1. The molecule has 3 aliphatic carbocycles. The zero-order valence-electron chi connectivity index (χ0n) is 23.2. The van der Waals surface area contributed by atoms with Gasteiger partial charge in [-0.05, 0) is 36.3 Å². The maximum absolute atomic E-state index is 14.1. The first-order chi connectivity index (χ1) is 17.0. The minimum atomic E-state index is -1.29. The number of carbonyl (C=O) groups is 4. The van der Waals surface area contributed by atoms with Gasteiger partial charge in [-0.2, -0.15) is 0 Å². The summed E-state index contributed by atoms with van der Waals surface area (Å²) < 4.78 is 23.8. The Morgan fingerprint density at radius 1 is 1.03 bits per heavy atom. The van der Waals surface area contributed by atoms with Crippen LogP contribution >= 0.6 is 0 Å². The maximum atomic E-state index is 14.1. The van der Waals surface area contributed by atoms with Gasteiger partial charge in [0.05, 0.1) is 17.9 Å². The second kappa shape index (κ2) is 8.90. The molecular weight excluding hydrogens is 480 g/mol. The van der Waals surface area contributed by atoms with Gasteiger partial charge in [0, 0.05) is 25.7 Å². The van der Waals surface area contributed by atoms with Crippen LogP contribution in [0.4, 0.5) is 0 Å². The van der Waals surface area contributed by atoms with Crippen LogP contribution in [0.1, 0.15) is 68.7 Å². The third-order valence-corrected chi connectivity index (χ3v) is 9.04. The van der Waals surface area contributed by atoms with E-state index in [0.717, 1.165) is 0 Å². The van der Waals surface area contributed by atoms with Crippen molar-refractivity contribution in [2.24, 2.45) is 35.0 Å². The molecule has 2 saturated carbocycles. The van der Waals surface area contributed by atoms with E-state index in [9.17, 15) is 24.3 Å². The number of hydrogen-bond acceptors (Lipinski definition) is 9. The van der Waals surface area contributed by atoms with Crippen molar-refractivity contribution in [3.05, 3.63) is 11.6 Å². The van der Waals surface area contributed by atoms with Crippen LogP contribution in [0.5, 0.6) is 0 Å². The minimum absolute atomic E-state index is 0.226. The highest BCUT2D eigenvalue weighted by atomic mass is 16.7. The van der Waals surface area contributed by atoms with Crippen LogP contribution in [-0.4, -0.2) is 64.4 Å². The zero-order chi connectivity index (χ0) is 27.8. The number of fused-ring (bicyclic) bond motifs is 1. The molecule has 0 aromatic carbocycles. The van der Waals surface area contributed by atoms with Gasteiger partial charge >= 0.3 is 17.9 Å². The quantitative estimate of drug-likeness (QED) is 0.257. The van der Waals surface area contributed by atoms with Crippen molar-refractivity contribution in [2.45, 2.75) is 104 Å². The molecule has 1 heterocycles. The van der Waals surface area contributed by atoms with E-state index in [2.05, 4.69) is 0 Å². The van der Waals surface area contributed by atoms with Crippen molar-refractivity contribution in [1.29, 1.82) is 0 Å². The Bertz CT molecular complexity index is 1040. The zero-order valence-corrected chi connectivity index (χ0v) is 23.2. The lowest BCUT2D eigenvalue weighted by molar-refractivity contribution is -0.170. The third-order valence-electron chi connectivity index (χ3n) is 9.04. The molecule has 4 aliphatic rings. The predicted molar refractivity (Wildman–Crippen MR) is 131 cm³/mol. The second-order valence-corrected chi connectivity index (χ2v) is 12.4. The number of ether oxygens (including phenoxy) is 4. The smallest absolute Gasteiger partial charge is 0.308 e. The third kappa shape index (κ3) is 4.13. The average molecular weight is 521 g/mol. The molecule has 37 heavy (non-hydrogen) atoms. The number of aliphatic hydroxyl groups excluding tert-OH is 1. The summed E-state index contributed by atoms with van der Waals surface area (Å²) in [6.45, 7) is 15.3. The normalized spacial score (nSPS) is 45.3. The number of epoxide rings is 1. The lowest BCUT2D eigenvalue weighted by Gasteiger charge is -2.30. The van der Waals surface area contributed by atoms with E-state index >= 15 is 0 Å². The number of ketones is 1. The molecule has 9 nitrogen and oxygen atoms in total. The molecule has 1 aliphatic heterocycles. The Kier molecular flexibility index (Phi) is 6.68. The Hall–Kier alpha value is -2.26. The molecule has 0 amide bonds. The van der Waals surface area contributed by atoms with Crippen molar-refractivity contribution >= 4 is 23.7 Å². The van der Waals surface area contributed by atoms with Crippen molar-refractivity contribution in [3.63, 3.8) is 0 Å². The van der Waals surface area contributed by atoms with Gasteiger partial charge in [0.25, 0.3) is 0 Å². The van der Waals surface area contributed by atoms with Crippen LogP contribution in [0.2, 0.25) is 0 Å². The van der Waals surface area contributed by atoms with E-state index in [1.54, 1.807) is 33.8 Å². The topological polar surface area (TPSA) is 129 Å². The van der Waals surface area contributed by atoms with E-state index in [0.29, 0.717) is 12.0 Å². The number of rotatable bonds is 4. The molecule has 0 aromatic rings. The summed E-state index contributed by atoms with van der Waals surface area (Å²) in [5.74, 6) is -3.87. The van der Waals surface area contributed by atoms with Crippen LogP contribution in [-0.2, 0) is 38.1 Å². The van der Waals surface area contributed by atoms with Gasteiger partial charge in [0.1, 0.15) is 12.2 Å². The van der Waals surface area contributed by atoms with Crippen LogP contribution in [0.15, 0.2) is 11.6 Å². The summed E-state index contributed by atoms with van der Waals surface area (Å²) >= 11 is 0. The van der Waals surface area contributed by atoms with Gasteiger partial charge in [-0.15, -0.1) is 0 Å². The molecule has 0 radical (unpaired) electrons. The van der Waals surface area contributed by atoms with Crippen LogP contribution in [0.25, 0.3) is 0 Å². The Morgan fingerprint density at radius 2 is 1.59 bits per heavy atom. The standard InChI is InChI=1S/C28H40O9/c1-12(2)25(33)36-22-19-18(26(19,8)9)21(35-17(7)30)15(5)24(32)28-11-14(4)23(31)27(28,37-28)10-13(3)20(22)34-16(6)29/h10,12,14-15,18-23,31H,11H2,1-9H3/b13-10+/t14-,15-,18+,19-,20-,21+,22+,23-,27+,28+/m1/s1. The van der Waals surface area contributed by atoms with Crippen molar-refractivity contribution in [1.82, 2.24) is 0 Å². The van der Waals surface area contributed by atoms with Crippen LogP contribution in [0.3, 0.4) is 0 Å². The van der Waals surface area contributed by atoms with E-state index in [1.165, 1.54) is 13.8 Å². The summed E-state index contributed by atoms with van der Waals surface area (Å²) in [6, 6.07) is 0. The van der Waals surface area contributed by atoms with Gasteiger partial charge in [0.15, 0.2) is 23.1 Å². The van der Waals surface area contributed by atoms with E-state index in [1.807, 2.05) is 20.8 Å². The van der Waals surface area contributed by atoms with Crippen LogP contribution < -0.4 is 0 Å². The maximum Gasteiger partial charge on any atom is 0.308 e. The Morgan fingerprint density at radius 3 is 2.14 bits per heavy atom. The van der Waals surface area contributed by atoms with E-state index in [4.69, 9.17) is 18.9 Å². The number of Topliss-reactive ketones (excluding diaryl/α,β-unsaturated/α-hetero) is 1. The number of hydrogen-bond donors (Lipinski definition) is 1. The molecular formula is C28H40O9. The SMILES string of the molecule is CC(=O)O[C@@H]1[C@@H]2[C@H]([C@H](OC(=O)C(C)C)[C@H](OC(C)=O)/C(C)=C/[C@@]34O[C@@]3(C[C@@H](C)[C@H]4O)C(=O)[C@@H]1C)C2(C)C. The molecule has 10 atom stereocenters. The summed E-state index contributed by atoms with van der Waals surface area (Å²) in [5.41, 5.74) is -2.54. The van der Waals surface area contributed by atoms with Crippen molar-refractivity contribution in [2.75, 3.05) is 0 Å².